The fourth-order valence-corrected chi connectivity index (χ4v) is 4.89. The van der Waals surface area contributed by atoms with Gasteiger partial charge in [-0.15, -0.1) is 0 Å². The quantitative estimate of drug-likeness (QED) is 0.785. The molecule has 3 heteroatoms. The van der Waals surface area contributed by atoms with E-state index in [4.69, 9.17) is 4.76 Å². The predicted molar refractivity (Wildman–Crippen MR) is 85.7 cm³/mol. The smallest absolute Gasteiger partial charge is 0.247 e. The molecule has 1 aliphatic rings. The van der Waals surface area contributed by atoms with Crippen molar-refractivity contribution in [1.29, 1.82) is 0 Å². The minimum Gasteiger partial charge on any atom is -0.288 e. The molecule has 0 radical (unpaired) electrons. The summed E-state index contributed by atoms with van der Waals surface area (Å²) in [5.74, 6) is 0. The van der Waals surface area contributed by atoms with Gasteiger partial charge in [0.05, 0.1) is 0 Å². The van der Waals surface area contributed by atoms with Gasteiger partial charge in [-0.3, -0.25) is 4.57 Å². The highest BCUT2D eigenvalue weighted by Crippen LogP contribution is 2.46. The van der Waals surface area contributed by atoms with Gasteiger partial charge in [-0.1, -0.05) is 36.4 Å². The zero-order valence-electron chi connectivity index (χ0n) is 11.4. The van der Waals surface area contributed by atoms with Crippen LogP contribution in [0.1, 0.15) is 25.7 Å². The topological polar surface area (TPSA) is 29.4 Å². The molecule has 102 valence electrons. The third kappa shape index (κ3) is 2.62. The number of hydrogen-bond acceptors (Lipinski definition) is 1. The second-order valence-corrected chi connectivity index (χ2v) is 7.51. The predicted octanol–water partition coefficient (Wildman–Crippen LogP) is 3.93. The molecule has 2 aromatic rings. The van der Waals surface area contributed by atoms with Gasteiger partial charge in [0, 0.05) is 16.3 Å². The summed E-state index contributed by atoms with van der Waals surface area (Å²) in [7, 11) is -2.89. The highest BCUT2D eigenvalue weighted by molar-refractivity contribution is 7.77. The SMILES string of the molecule is O=P(N=C1CCCC1)(c1ccccc1)c1ccccc1. The van der Waals surface area contributed by atoms with Gasteiger partial charge < -0.3 is 0 Å². The summed E-state index contributed by atoms with van der Waals surface area (Å²) in [4.78, 5) is 0. The van der Waals surface area contributed by atoms with Crippen molar-refractivity contribution in [1.82, 2.24) is 0 Å². The molecule has 0 amide bonds. The van der Waals surface area contributed by atoms with E-state index in [0.29, 0.717) is 0 Å². The number of benzene rings is 2. The molecule has 0 bridgehead atoms. The van der Waals surface area contributed by atoms with Gasteiger partial charge in [-0.2, -0.15) is 0 Å². The molecule has 0 N–H and O–H groups in total. The first-order chi connectivity index (χ1) is 9.79. The van der Waals surface area contributed by atoms with Crippen LogP contribution in [0.4, 0.5) is 0 Å². The van der Waals surface area contributed by atoms with E-state index in [1.54, 1.807) is 0 Å². The second-order valence-electron chi connectivity index (χ2n) is 5.12. The summed E-state index contributed by atoms with van der Waals surface area (Å²) in [5.41, 5.74) is 1.11. The fraction of sp³-hybridized carbons (Fsp3) is 0.235. The van der Waals surface area contributed by atoms with Crippen molar-refractivity contribution in [2.45, 2.75) is 25.7 Å². The highest BCUT2D eigenvalue weighted by atomic mass is 31.2. The lowest BCUT2D eigenvalue weighted by atomic mass is 10.3. The average Bonchev–Trinajstić information content (AvgIpc) is 3.02. The van der Waals surface area contributed by atoms with Crippen LogP contribution in [0.2, 0.25) is 0 Å². The van der Waals surface area contributed by atoms with Crippen LogP contribution in [0.3, 0.4) is 0 Å². The number of rotatable bonds is 3. The molecule has 0 aliphatic heterocycles. The van der Waals surface area contributed by atoms with Crippen molar-refractivity contribution in [3.05, 3.63) is 60.7 Å². The molecule has 2 aromatic carbocycles. The molecular formula is C17H18NOP. The lowest BCUT2D eigenvalue weighted by Crippen LogP contribution is -2.15. The molecule has 0 saturated heterocycles. The van der Waals surface area contributed by atoms with Crippen molar-refractivity contribution in [2.24, 2.45) is 4.76 Å². The van der Waals surface area contributed by atoms with E-state index < -0.39 is 7.29 Å². The summed E-state index contributed by atoms with van der Waals surface area (Å²) < 4.78 is 18.3. The lowest BCUT2D eigenvalue weighted by Gasteiger charge is -2.15. The molecule has 1 saturated carbocycles. The zero-order valence-corrected chi connectivity index (χ0v) is 12.3. The van der Waals surface area contributed by atoms with Gasteiger partial charge in [0.25, 0.3) is 0 Å². The first kappa shape index (κ1) is 13.3. The van der Waals surface area contributed by atoms with E-state index in [1.165, 1.54) is 12.8 Å². The van der Waals surface area contributed by atoms with Gasteiger partial charge >= 0.3 is 0 Å². The van der Waals surface area contributed by atoms with Crippen LogP contribution in [-0.4, -0.2) is 5.71 Å². The third-order valence-electron chi connectivity index (χ3n) is 3.68. The average molecular weight is 283 g/mol. The maximum absolute atomic E-state index is 13.6. The normalized spacial score (nSPS) is 15.3. The Labute approximate surface area is 120 Å². The summed E-state index contributed by atoms with van der Waals surface area (Å²) >= 11 is 0. The Morgan fingerprint density at radius 1 is 0.750 bits per heavy atom. The molecule has 0 heterocycles. The largest absolute Gasteiger partial charge is 0.288 e. The summed E-state index contributed by atoms with van der Waals surface area (Å²) in [6.07, 6.45) is 4.32. The monoisotopic (exact) mass is 283 g/mol. The Morgan fingerprint density at radius 2 is 1.20 bits per heavy atom. The Bertz CT molecular complexity index is 598. The van der Waals surface area contributed by atoms with Crippen LogP contribution in [0.15, 0.2) is 65.4 Å². The zero-order chi connectivity index (χ0) is 13.8. The minimum absolute atomic E-state index is 0.825. The highest BCUT2D eigenvalue weighted by Gasteiger charge is 2.27. The standard InChI is InChI=1S/C17H18NOP/c19-20(16-11-3-1-4-12-16,17-13-5-2-6-14-17)18-15-9-7-8-10-15/h1-6,11-14H,7-10H2. The number of nitrogens with zero attached hydrogens (tertiary/aromatic N) is 1. The fourth-order valence-electron chi connectivity index (χ4n) is 2.61. The van der Waals surface area contributed by atoms with Crippen LogP contribution < -0.4 is 10.6 Å². The van der Waals surface area contributed by atoms with E-state index in [9.17, 15) is 4.57 Å². The first-order valence-corrected chi connectivity index (χ1v) is 8.74. The van der Waals surface area contributed by atoms with Gasteiger partial charge in [0.15, 0.2) is 0 Å². The second kappa shape index (κ2) is 5.76. The van der Waals surface area contributed by atoms with Crippen molar-refractivity contribution in [3.63, 3.8) is 0 Å². The molecule has 3 rings (SSSR count). The van der Waals surface area contributed by atoms with E-state index in [1.807, 2.05) is 60.7 Å². The van der Waals surface area contributed by atoms with Gasteiger partial charge in [0.2, 0.25) is 7.29 Å². The maximum Gasteiger partial charge on any atom is 0.247 e. The maximum atomic E-state index is 13.6. The van der Waals surface area contributed by atoms with Crippen LogP contribution in [0, 0.1) is 0 Å². The van der Waals surface area contributed by atoms with E-state index >= 15 is 0 Å². The van der Waals surface area contributed by atoms with Crippen LogP contribution in [0.25, 0.3) is 0 Å². The van der Waals surface area contributed by atoms with Crippen molar-refractivity contribution in [3.8, 4) is 0 Å². The Kier molecular flexibility index (Phi) is 3.84. The molecule has 0 atom stereocenters. The number of hydrogen-bond donors (Lipinski definition) is 0. The Hall–Kier alpha value is -1.66. The Balaban J connectivity index is 2.13. The summed E-state index contributed by atoms with van der Waals surface area (Å²) in [6, 6.07) is 19.3. The van der Waals surface area contributed by atoms with Crippen LogP contribution in [0.5, 0.6) is 0 Å². The van der Waals surface area contributed by atoms with Gasteiger partial charge in [-0.25, -0.2) is 4.76 Å². The van der Waals surface area contributed by atoms with Crippen molar-refractivity contribution >= 4 is 23.6 Å². The summed E-state index contributed by atoms with van der Waals surface area (Å²) in [5, 5.41) is 1.65. The molecule has 20 heavy (non-hydrogen) atoms. The molecular weight excluding hydrogens is 265 g/mol. The molecule has 2 nitrogen and oxygen atoms in total. The van der Waals surface area contributed by atoms with Crippen LogP contribution in [-0.2, 0) is 4.57 Å². The molecule has 1 aliphatic carbocycles. The molecule has 0 aromatic heterocycles. The third-order valence-corrected chi connectivity index (χ3v) is 6.24. The molecule has 0 spiro atoms. The van der Waals surface area contributed by atoms with E-state index in [2.05, 4.69) is 0 Å². The van der Waals surface area contributed by atoms with Crippen molar-refractivity contribution < 1.29 is 4.57 Å². The first-order valence-electron chi connectivity index (χ1n) is 7.08. The molecule has 0 unspecified atom stereocenters. The van der Waals surface area contributed by atoms with E-state index in [-0.39, 0.29) is 0 Å². The minimum atomic E-state index is -2.89. The molecule has 1 fully saturated rings. The van der Waals surface area contributed by atoms with Crippen LogP contribution >= 0.6 is 7.29 Å². The van der Waals surface area contributed by atoms with E-state index in [0.717, 1.165) is 29.2 Å². The van der Waals surface area contributed by atoms with Crippen molar-refractivity contribution in [2.75, 3.05) is 0 Å². The van der Waals surface area contributed by atoms with Gasteiger partial charge in [-0.05, 0) is 49.9 Å². The Morgan fingerprint density at radius 3 is 1.65 bits per heavy atom. The van der Waals surface area contributed by atoms with Gasteiger partial charge in [0.1, 0.15) is 0 Å². The lowest BCUT2D eigenvalue weighted by molar-refractivity contribution is 0.588. The summed E-state index contributed by atoms with van der Waals surface area (Å²) in [6.45, 7) is 0.